The van der Waals surface area contributed by atoms with Crippen molar-refractivity contribution in [3.63, 3.8) is 0 Å². The highest BCUT2D eigenvalue weighted by Crippen LogP contribution is 2.30. The molecule has 1 aromatic heterocycles. The number of anilines is 1. The van der Waals surface area contributed by atoms with Gasteiger partial charge in [-0.15, -0.1) is 0 Å². The van der Waals surface area contributed by atoms with Crippen LogP contribution in [0.25, 0.3) is 10.9 Å². The number of ether oxygens (including phenoxy) is 1. The van der Waals surface area contributed by atoms with Crippen LogP contribution in [-0.4, -0.2) is 35.8 Å². The predicted molar refractivity (Wildman–Crippen MR) is 113 cm³/mol. The van der Waals surface area contributed by atoms with Crippen molar-refractivity contribution in [1.29, 1.82) is 0 Å². The van der Waals surface area contributed by atoms with E-state index in [0.717, 1.165) is 18.5 Å². The first kappa shape index (κ1) is 18.8. The molecule has 2 heterocycles. The zero-order valence-electron chi connectivity index (χ0n) is 16.2. The maximum atomic E-state index is 12.9. The Hall–Kier alpha value is -2.50. The van der Waals surface area contributed by atoms with E-state index in [4.69, 9.17) is 16.3 Å². The van der Waals surface area contributed by atoms with Gasteiger partial charge in [-0.25, -0.2) is 4.79 Å². The molecule has 1 aliphatic rings. The highest BCUT2D eigenvalue weighted by Gasteiger charge is 2.22. The van der Waals surface area contributed by atoms with Gasteiger partial charge >= 0.3 is 6.03 Å². The monoisotopic (exact) mass is 397 g/mol. The topological polar surface area (TPSA) is 46.5 Å². The van der Waals surface area contributed by atoms with Crippen LogP contribution in [0, 0.1) is 6.92 Å². The summed E-state index contributed by atoms with van der Waals surface area (Å²) in [6, 6.07) is 11.8. The minimum absolute atomic E-state index is 0.102. The van der Waals surface area contributed by atoms with Crippen molar-refractivity contribution in [2.24, 2.45) is 0 Å². The van der Waals surface area contributed by atoms with E-state index in [1.165, 1.54) is 22.0 Å². The smallest absolute Gasteiger partial charge is 0.322 e. The quantitative estimate of drug-likeness (QED) is 0.684. The second-order valence-corrected chi connectivity index (χ2v) is 7.62. The van der Waals surface area contributed by atoms with Gasteiger partial charge in [0.15, 0.2) is 0 Å². The van der Waals surface area contributed by atoms with Crippen molar-refractivity contribution in [1.82, 2.24) is 9.47 Å². The number of rotatable bonds is 4. The van der Waals surface area contributed by atoms with Crippen LogP contribution in [0.5, 0.6) is 0 Å². The van der Waals surface area contributed by atoms with Gasteiger partial charge in [0.2, 0.25) is 0 Å². The fraction of sp³-hybridized carbons (Fsp3) is 0.318. The third kappa shape index (κ3) is 3.60. The highest BCUT2D eigenvalue weighted by molar-refractivity contribution is 6.31. The fourth-order valence-corrected chi connectivity index (χ4v) is 3.98. The summed E-state index contributed by atoms with van der Waals surface area (Å²) in [5.41, 5.74) is 5.38. The summed E-state index contributed by atoms with van der Waals surface area (Å²) in [7, 11) is 1.72. The summed E-state index contributed by atoms with van der Waals surface area (Å²) in [5, 5.41) is 4.90. The van der Waals surface area contributed by atoms with Crippen LogP contribution in [0.15, 0.2) is 42.6 Å². The highest BCUT2D eigenvalue weighted by atomic mass is 35.5. The number of hydrogen-bond donors (Lipinski definition) is 1. The number of carbonyl (C=O) groups is 1. The molecule has 2 amide bonds. The number of halogens is 1. The summed E-state index contributed by atoms with van der Waals surface area (Å²) >= 11 is 6.18. The van der Waals surface area contributed by atoms with Crippen LogP contribution in [0.2, 0.25) is 5.02 Å². The lowest BCUT2D eigenvalue weighted by molar-refractivity contribution is 0.188. The second-order valence-electron chi connectivity index (χ2n) is 7.22. The van der Waals surface area contributed by atoms with E-state index in [0.29, 0.717) is 30.4 Å². The molecule has 0 unspecified atom stereocenters. The number of nitrogens with one attached hydrogen (secondary N) is 1. The number of benzene rings is 2. The Morgan fingerprint density at radius 3 is 2.89 bits per heavy atom. The van der Waals surface area contributed by atoms with Gasteiger partial charge in [-0.2, -0.15) is 0 Å². The van der Waals surface area contributed by atoms with Gasteiger partial charge < -0.3 is 19.5 Å². The van der Waals surface area contributed by atoms with E-state index in [9.17, 15) is 4.79 Å². The third-order valence-corrected chi connectivity index (χ3v) is 5.74. The van der Waals surface area contributed by atoms with Gasteiger partial charge in [0.25, 0.3) is 0 Å². The molecule has 6 heteroatoms. The van der Waals surface area contributed by atoms with E-state index in [2.05, 4.69) is 34.3 Å². The van der Waals surface area contributed by atoms with Gasteiger partial charge in [0.05, 0.1) is 6.61 Å². The van der Waals surface area contributed by atoms with E-state index >= 15 is 0 Å². The fourth-order valence-electron chi connectivity index (χ4n) is 3.80. The maximum Gasteiger partial charge on any atom is 0.322 e. The Bertz CT molecular complexity index is 1030. The number of aryl methyl sites for hydroxylation is 1. The lowest BCUT2D eigenvalue weighted by Crippen LogP contribution is -2.35. The van der Waals surface area contributed by atoms with Gasteiger partial charge in [-0.1, -0.05) is 29.8 Å². The molecule has 0 bridgehead atoms. The van der Waals surface area contributed by atoms with Crippen LogP contribution in [-0.2, 0) is 24.2 Å². The molecule has 0 spiro atoms. The molecule has 146 valence electrons. The van der Waals surface area contributed by atoms with Crippen molar-refractivity contribution >= 4 is 34.2 Å². The average molecular weight is 398 g/mol. The Labute approximate surface area is 169 Å². The van der Waals surface area contributed by atoms with Crippen LogP contribution in [0.4, 0.5) is 10.5 Å². The lowest BCUT2D eigenvalue weighted by atomic mass is 10.1. The van der Waals surface area contributed by atoms with Crippen molar-refractivity contribution in [3.05, 3.63) is 64.3 Å². The summed E-state index contributed by atoms with van der Waals surface area (Å²) < 4.78 is 7.49. The van der Waals surface area contributed by atoms with Gasteiger partial charge in [-0.3, -0.25) is 0 Å². The molecule has 0 radical (unpaired) electrons. The van der Waals surface area contributed by atoms with E-state index < -0.39 is 0 Å². The zero-order valence-corrected chi connectivity index (χ0v) is 16.9. The van der Waals surface area contributed by atoms with Crippen LogP contribution in [0.3, 0.4) is 0 Å². The normalized spacial score (nSPS) is 13.6. The summed E-state index contributed by atoms with van der Waals surface area (Å²) in [5.74, 6) is 0. The summed E-state index contributed by atoms with van der Waals surface area (Å²) in [6.07, 6.45) is 3.03. The van der Waals surface area contributed by atoms with E-state index in [1.54, 1.807) is 13.2 Å². The minimum atomic E-state index is -0.102. The largest absolute Gasteiger partial charge is 0.383 e. The first-order valence-corrected chi connectivity index (χ1v) is 9.85. The van der Waals surface area contributed by atoms with E-state index in [1.807, 2.05) is 24.0 Å². The molecule has 3 aromatic rings. The van der Waals surface area contributed by atoms with Crippen molar-refractivity contribution in [2.75, 3.05) is 25.6 Å². The number of methoxy groups -OCH3 is 1. The number of urea groups is 1. The summed E-state index contributed by atoms with van der Waals surface area (Å²) in [4.78, 5) is 14.7. The molecule has 0 fully saturated rings. The van der Waals surface area contributed by atoms with Crippen molar-refractivity contribution in [3.8, 4) is 0 Å². The Morgan fingerprint density at radius 1 is 1.25 bits per heavy atom. The average Bonchev–Trinajstić information content (AvgIpc) is 2.93. The molecule has 2 aromatic carbocycles. The first-order valence-electron chi connectivity index (χ1n) is 9.47. The van der Waals surface area contributed by atoms with Crippen LogP contribution in [0.1, 0.15) is 16.7 Å². The molecular weight excluding hydrogens is 374 g/mol. The number of amides is 2. The van der Waals surface area contributed by atoms with E-state index in [-0.39, 0.29) is 6.03 Å². The first-order chi connectivity index (χ1) is 13.6. The van der Waals surface area contributed by atoms with Crippen LogP contribution < -0.4 is 5.32 Å². The molecule has 0 saturated carbocycles. The zero-order chi connectivity index (χ0) is 19.7. The SMILES string of the molecule is COCCn1cc2c3c(cccc31)CN(C(=O)Nc1ccc(C)c(Cl)c1)CC2. The van der Waals surface area contributed by atoms with Gasteiger partial charge in [0.1, 0.15) is 0 Å². The Morgan fingerprint density at radius 2 is 2.11 bits per heavy atom. The number of hydrogen-bond acceptors (Lipinski definition) is 2. The molecular formula is C22H24ClN3O2. The maximum absolute atomic E-state index is 12.9. The minimum Gasteiger partial charge on any atom is -0.383 e. The van der Waals surface area contributed by atoms with Crippen molar-refractivity contribution in [2.45, 2.75) is 26.4 Å². The summed E-state index contributed by atoms with van der Waals surface area (Å²) in [6.45, 7) is 4.71. The lowest BCUT2D eigenvalue weighted by Gasteiger charge is -2.22. The second kappa shape index (κ2) is 7.86. The molecule has 0 saturated heterocycles. The Kier molecular flexibility index (Phi) is 5.29. The number of aromatic nitrogens is 1. The molecule has 1 aliphatic heterocycles. The molecule has 0 atom stereocenters. The number of carbonyl (C=O) groups excluding carboxylic acids is 1. The molecule has 28 heavy (non-hydrogen) atoms. The van der Waals surface area contributed by atoms with Gasteiger partial charge in [0, 0.05) is 54.6 Å². The molecule has 0 aliphatic carbocycles. The van der Waals surface area contributed by atoms with Gasteiger partial charge in [-0.05, 0) is 48.2 Å². The van der Waals surface area contributed by atoms with Crippen molar-refractivity contribution < 1.29 is 9.53 Å². The Balaban J connectivity index is 1.57. The predicted octanol–water partition coefficient (Wildman–Crippen LogP) is 4.84. The molecule has 1 N–H and O–H groups in total. The standard InChI is InChI=1S/C22H24ClN3O2/c1-15-6-7-18(12-19(15)23)24-22(27)26-9-8-17-13-25(10-11-28-2)20-5-3-4-16(14-26)21(17)20/h3-7,12-13H,8-11,14H2,1-2H3,(H,24,27). The molecule has 5 nitrogen and oxygen atoms in total. The number of nitrogens with zero attached hydrogens (tertiary/aromatic N) is 2. The third-order valence-electron chi connectivity index (χ3n) is 5.33. The molecule has 4 rings (SSSR count). The van der Waals surface area contributed by atoms with Crippen LogP contribution >= 0.6 is 11.6 Å².